The van der Waals surface area contributed by atoms with Crippen LogP contribution in [0.3, 0.4) is 0 Å². The Balaban J connectivity index is 3.42. The summed E-state index contributed by atoms with van der Waals surface area (Å²) in [7, 11) is 0. The zero-order valence-corrected chi connectivity index (χ0v) is 57.6. The Morgan fingerprint density at radius 2 is 0.588 bits per heavy atom. The van der Waals surface area contributed by atoms with Crippen LogP contribution >= 0.6 is 0 Å². The topological polar surface area (TPSA) is 95.9 Å². The minimum Gasteiger partial charge on any atom is -0.466 e. The van der Waals surface area contributed by atoms with Crippen LogP contribution in [0.25, 0.3) is 0 Å². The molecule has 6 nitrogen and oxygen atoms in total. The third kappa shape index (κ3) is 71.0. The molecule has 0 aliphatic rings. The number of allylic oxidation sites excluding steroid dienone is 5. The number of amides is 1. The Hall–Kier alpha value is -1.92. The highest BCUT2D eigenvalue weighted by Crippen LogP contribution is 2.19. The lowest BCUT2D eigenvalue weighted by Gasteiger charge is -2.20. The van der Waals surface area contributed by atoms with Gasteiger partial charge in [-0.25, -0.2) is 0 Å². The van der Waals surface area contributed by atoms with Crippen molar-refractivity contribution < 1.29 is 24.5 Å². The molecule has 0 heterocycles. The van der Waals surface area contributed by atoms with Gasteiger partial charge in [-0.2, -0.15) is 0 Å². The summed E-state index contributed by atoms with van der Waals surface area (Å²) < 4.78 is 5.48. The van der Waals surface area contributed by atoms with Crippen molar-refractivity contribution in [2.75, 3.05) is 13.2 Å². The number of ether oxygens (including phenoxy) is 1. The SMILES string of the molecule is CCCCCCCCCCCCCCCCCCCCCCCCC/C=C/C(O)C(CO)NC(=O)CCCCCCCCCCCCCCCCC/C=C\C/C=C\CCCCCCCCCCCOC(=O)CCCCCCCCCCCCCC. The van der Waals surface area contributed by atoms with Crippen molar-refractivity contribution >= 4 is 11.9 Å². The summed E-state index contributed by atoms with van der Waals surface area (Å²) in [5, 5.41) is 23.3. The van der Waals surface area contributed by atoms with E-state index in [-0.39, 0.29) is 18.5 Å². The van der Waals surface area contributed by atoms with Crippen LogP contribution in [-0.4, -0.2) is 47.4 Å². The Kier molecular flexibility index (Phi) is 72.9. The van der Waals surface area contributed by atoms with Gasteiger partial charge in [0.1, 0.15) is 0 Å². The maximum Gasteiger partial charge on any atom is 0.305 e. The van der Waals surface area contributed by atoms with Gasteiger partial charge in [0.05, 0.1) is 25.4 Å². The summed E-state index contributed by atoms with van der Waals surface area (Å²) in [6, 6.07) is -0.629. The van der Waals surface area contributed by atoms with Crippen molar-refractivity contribution in [1.82, 2.24) is 5.32 Å². The lowest BCUT2D eigenvalue weighted by atomic mass is 10.0. The summed E-state index contributed by atoms with van der Waals surface area (Å²) in [5.74, 6) is -0.0482. The standard InChI is InChI=1S/C79H151NO5/c1-3-5-7-9-11-13-15-17-18-19-20-21-22-30-33-36-39-42-45-48-51-55-59-63-67-71-77(82)76(75-81)80-78(83)72-68-64-60-56-52-49-46-43-40-37-34-31-28-26-24-23-25-27-29-32-35-38-41-44-47-50-54-58-62-66-70-74-85-79(84)73-69-65-61-57-53-16-14-12-10-8-6-4-2/h25,27,32,35,67,71,76-77,81-82H,3-24,26,28-31,33-34,36-66,68-70,72-75H2,1-2H3,(H,80,83)/b27-25-,35-32-,71-67+. The maximum absolute atomic E-state index is 12.6. The van der Waals surface area contributed by atoms with E-state index in [0.717, 1.165) is 44.9 Å². The van der Waals surface area contributed by atoms with E-state index < -0.39 is 12.1 Å². The van der Waals surface area contributed by atoms with E-state index in [2.05, 4.69) is 43.5 Å². The first-order chi connectivity index (χ1) is 42.0. The second kappa shape index (κ2) is 74.5. The fourth-order valence-corrected chi connectivity index (χ4v) is 12.3. The highest BCUT2D eigenvalue weighted by molar-refractivity contribution is 5.76. The second-order valence-corrected chi connectivity index (χ2v) is 26.7. The predicted molar refractivity (Wildman–Crippen MR) is 375 cm³/mol. The van der Waals surface area contributed by atoms with Crippen molar-refractivity contribution in [3.8, 4) is 0 Å². The molecule has 0 aromatic rings. The molecule has 0 aromatic heterocycles. The molecule has 3 N–H and O–H groups in total. The van der Waals surface area contributed by atoms with Gasteiger partial charge in [-0.3, -0.25) is 9.59 Å². The Morgan fingerprint density at radius 1 is 0.329 bits per heavy atom. The van der Waals surface area contributed by atoms with Gasteiger partial charge < -0.3 is 20.3 Å². The first-order valence-corrected chi connectivity index (χ1v) is 38.8. The molecule has 0 saturated heterocycles. The third-order valence-electron chi connectivity index (χ3n) is 18.2. The number of aliphatic hydroxyl groups excluding tert-OH is 2. The van der Waals surface area contributed by atoms with Gasteiger partial charge in [0, 0.05) is 12.8 Å². The minimum atomic E-state index is -0.846. The Morgan fingerprint density at radius 3 is 0.894 bits per heavy atom. The molecule has 0 saturated carbocycles. The number of rotatable bonds is 73. The van der Waals surface area contributed by atoms with Gasteiger partial charge in [-0.15, -0.1) is 0 Å². The molecule has 0 aromatic carbocycles. The molecule has 85 heavy (non-hydrogen) atoms. The van der Waals surface area contributed by atoms with E-state index in [1.807, 2.05) is 6.08 Å². The average Bonchev–Trinajstić information content (AvgIpc) is 3.53. The molecule has 0 radical (unpaired) electrons. The predicted octanol–water partition coefficient (Wildman–Crippen LogP) is 25.4. The molecule has 0 aliphatic heterocycles. The second-order valence-electron chi connectivity index (χ2n) is 26.7. The van der Waals surface area contributed by atoms with Crippen molar-refractivity contribution in [3.63, 3.8) is 0 Å². The fourth-order valence-electron chi connectivity index (χ4n) is 12.3. The number of esters is 1. The Bertz CT molecular complexity index is 1380. The van der Waals surface area contributed by atoms with Crippen LogP contribution in [0.1, 0.15) is 431 Å². The van der Waals surface area contributed by atoms with Gasteiger partial charge >= 0.3 is 5.97 Å². The van der Waals surface area contributed by atoms with E-state index in [9.17, 15) is 19.8 Å². The molecule has 0 rings (SSSR count). The third-order valence-corrected chi connectivity index (χ3v) is 18.2. The first-order valence-electron chi connectivity index (χ1n) is 38.8. The minimum absolute atomic E-state index is 0.0142. The summed E-state index contributed by atoms with van der Waals surface area (Å²) in [6.07, 6.45) is 96.9. The van der Waals surface area contributed by atoms with E-state index in [0.29, 0.717) is 19.4 Å². The monoisotopic (exact) mass is 1190 g/mol. The lowest BCUT2D eigenvalue weighted by Crippen LogP contribution is -2.45. The summed E-state index contributed by atoms with van der Waals surface area (Å²) in [5.41, 5.74) is 0. The number of hydrogen-bond acceptors (Lipinski definition) is 5. The smallest absolute Gasteiger partial charge is 0.305 e. The quantitative estimate of drug-likeness (QED) is 0.0320. The van der Waals surface area contributed by atoms with E-state index in [4.69, 9.17) is 4.74 Å². The Labute approximate surface area is 532 Å². The summed E-state index contributed by atoms with van der Waals surface area (Å²) in [4.78, 5) is 24.6. The molecule has 0 bridgehead atoms. The average molecular weight is 1200 g/mol. The van der Waals surface area contributed by atoms with Gasteiger partial charge in [0.2, 0.25) is 5.91 Å². The molecular weight excluding hydrogens is 1040 g/mol. The lowest BCUT2D eigenvalue weighted by molar-refractivity contribution is -0.143. The van der Waals surface area contributed by atoms with Crippen LogP contribution in [0, 0.1) is 0 Å². The highest BCUT2D eigenvalue weighted by atomic mass is 16.5. The largest absolute Gasteiger partial charge is 0.466 e. The highest BCUT2D eigenvalue weighted by Gasteiger charge is 2.18. The van der Waals surface area contributed by atoms with Crippen LogP contribution < -0.4 is 5.32 Å². The fraction of sp³-hybridized carbons (Fsp3) is 0.899. The molecule has 2 unspecified atom stereocenters. The number of aliphatic hydroxyl groups is 2. The molecule has 0 spiro atoms. The molecule has 0 fully saturated rings. The molecule has 1 amide bonds. The number of carbonyl (C=O) groups is 2. The van der Waals surface area contributed by atoms with Crippen molar-refractivity contribution in [2.24, 2.45) is 0 Å². The zero-order chi connectivity index (χ0) is 61.3. The van der Waals surface area contributed by atoms with Crippen molar-refractivity contribution in [1.29, 1.82) is 0 Å². The number of unbranched alkanes of at least 4 members (excludes halogenated alkanes) is 58. The first kappa shape index (κ1) is 83.1. The van der Waals surface area contributed by atoms with Crippen molar-refractivity contribution in [3.05, 3.63) is 36.5 Å². The van der Waals surface area contributed by atoms with Gasteiger partial charge in [0.25, 0.3) is 0 Å². The van der Waals surface area contributed by atoms with E-state index >= 15 is 0 Å². The zero-order valence-electron chi connectivity index (χ0n) is 57.6. The molecule has 502 valence electrons. The van der Waals surface area contributed by atoms with Crippen LogP contribution in [0.5, 0.6) is 0 Å². The van der Waals surface area contributed by atoms with Gasteiger partial charge in [0.15, 0.2) is 0 Å². The van der Waals surface area contributed by atoms with Gasteiger partial charge in [-0.1, -0.05) is 391 Å². The summed E-state index contributed by atoms with van der Waals surface area (Å²) in [6.45, 7) is 4.94. The molecule has 6 heteroatoms. The van der Waals surface area contributed by atoms with E-state index in [1.54, 1.807) is 6.08 Å². The van der Waals surface area contributed by atoms with Crippen LogP contribution in [0.2, 0.25) is 0 Å². The summed E-state index contributed by atoms with van der Waals surface area (Å²) >= 11 is 0. The number of nitrogens with one attached hydrogen (secondary N) is 1. The molecule has 2 atom stereocenters. The normalized spacial score (nSPS) is 12.7. The number of carbonyl (C=O) groups excluding carboxylic acids is 2. The molecular formula is C79H151NO5. The van der Waals surface area contributed by atoms with Gasteiger partial charge in [-0.05, 0) is 64.2 Å². The number of hydrogen-bond donors (Lipinski definition) is 3. The van der Waals surface area contributed by atoms with Crippen LogP contribution in [-0.2, 0) is 14.3 Å². The molecule has 0 aliphatic carbocycles. The van der Waals surface area contributed by atoms with Crippen LogP contribution in [0.4, 0.5) is 0 Å². The van der Waals surface area contributed by atoms with E-state index in [1.165, 1.54) is 360 Å². The maximum atomic E-state index is 12.6. The van der Waals surface area contributed by atoms with Crippen LogP contribution in [0.15, 0.2) is 36.5 Å². The van der Waals surface area contributed by atoms with Crippen molar-refractivity contribution in [2.45, 2.75) is 443 Å².